The molecule has 2 aromatic rings. The summed E-state index contributed by atoms with van der Waals surface area (Å²) in [5.74, 6) is -0.00812. The van der Waals surface area contributed by atoms with Crippen molar-refractivity contribution in [3.8, 4) is 5.75 Å². The number of carbonyl (C=O) groups is 1. The molecule has 1 aromatic carbocycles. The molecule has 0 radical (unpaired) electrons. The summed E-state index contributed by atoms with van der Waals surface area (Å²) < 4.78 is 44.0. The minimum Gasteiger partial charge on any atom is -0.490 e. The number of amides is 1. The Balaban J connectivity index is 1.89. The molecule has 0 aliphatic carbocycles. The van der Waals surface area contributed by atoms with Crippen molar-refractivity contribution in [1.82, 2.24) is 4.98 Å². The molecule has 0 N–H and O–H groups in total. The number of anilines is 1. The van der Waals surface area contributed by atoms with E-state index in [0.29, 0.717) is 5.69 Å². The lowest BCUT2D eigenvalue weighted by Gasteiger charge is -2.30. The van der Waals surface area contributed by atoms with Crippen molar-refractivity contribution in [2.24, 2.45) is 0 Å². The van der Waals surface area contributed by atoms with Gasteiger partial charge in [-0.2, -0.15) is 13.2 Å². The number of aryl methyl sites for hydroxylation is 1. The van der Waals surface area contributed by atoms with E-state index in [2.05, 4.69) is 4.98 Å². The van der Waals surface area contributed by atoms with Crippen LogP contribution in [0.25, 0.3) is 0 Å². The van der Waals surface area contributed by atoms with Crippen LogP contribution in [0.5, 0.6) is 5.75 Å². The zero-order valence-corrected chi connectivity index (χ0v) is 13.0. The molecule has 23 heavy (non-hydrogen) atoms. The van der Waals surface area contributed by atoms with Crippen molar-refractivity contribution in [3.05, 3.63) is 39.8 Å². The van der Waals surface area contributed by atoms with Gasteiger partial charge in [-0.1, -0.05) is 0 Å². The van der Waals surface area contributed by atoms with Crippen LogP contribution < -0.4 is 9.64 Å². The highest BCUT2D eigenvalue weighted by Crippen LogP contribution is 2.38. The molecule has 0 atom stereocenters. The van der Waals surface area contributed by atoms with E-state index >= 15 is 0 Å². The summed E-state index contributed by atoms with van der Waals surface area (Å²) >= 11 is 1.43. The maximum Gasteiger partial charge on any atom is 0.416 e. The number of fused-ring (bicyclic) bond motifs is 1. The summed E-state index contributed by atoms with van der Waals surface area (Å²) in [5.41, 5.74) is -0.0235. The lowest BCUT2D eigenvalue weighted by atomic mass is 10.1. The molecule has 2 heterocycles. The Labute approximate surface area is 134 Å². The predicted molar refractivity (Wildman–Crippen MR) is 79.8 cm³/mol. The zero-order chi connectivity index (χ0) is 16.6. The summed E-state index contributed by atoms with van der Waals surface area (Å²) in [6, 6.07) is 3.17. The van der Waals surface area contributed by atoms with Crippen LogP contribution in [0, 0.1) is 6.92 Å². The third-order valence-electron chi connectivity index (χ3n) is 3.45. The molecular weight excluding hydrogens is 329 g/mol. The summed E-state index contributed by atoms with van der Waals surface area (Å²) in [4.78, 5) is 18.0. The standard InChI is InChI=1S/C15H13F3N2O2S/c1-9-19-11(8-23-9)7-14(21)20-4-5-22-13-3-2-10(6-12(13)20)15(16,17)18/h2-3,6,8H,4-5,7H2,1H3. The van der Waals surface area contributed by atoms with E-state index < -0.39 is 11.7 Å². The first-order valence-corrected chi connectivity index (χ1v) is 7.78. The number of benzene rings is 1. The number of hydrogen-bond donors (Lipinski definition) is 0. The fourth-order valence-corrected chi connectivity index (χ4v) is 3.01. The third-order valence-corrected chi connectivity index (χ3v) is 4.27. The highest BCUT2D eigenvalue weighted by Gasteiger charge is 2.33. The van der Waals surface area contributed by atoms with Gasteiger partial charge in [0.2, 0.25) is 5.91 Å². The number of rotatable bonds is 2. The summed E-state index contributed by atoms with van der Waals surface area (Å²) in [7, 11) is 0. The lowest BCUT2D eigenvalue weighted by Crippen LogP contribution is -2.39. The summed E-state index contributed by atoms with van der Waals surface area (Å²) in [5, 5.41) is 2.62. The quantitative estimate of drug-likeness (QED) is 0.840. The molecule has 0 saturated carbocycles. The van der Waals surface area contributed by atoms with E-state index in [0.717, 1.165) is 17.1 Å². The second-order valence-corrected chi connectivity index (χ2v) is 6.17. The number of aromatic nitrogens is 1. The predicted octanol–water partition coefficient (Wildman–Crippen LogP) is 3.44. The molecular formula is C15H13F3N2O2S. The van der Waals surface area contributed by atoms with Gasteiger partial charge in [-0.15, -0.1) is 11.3 Å². The molecule has 0 spiro atoms. The van der Waals surface area contributed by atoms with E-state index in [1.165, 1.54) is 22.3 Å². The number of carbonyl (C=O) groups excluding carboxylic acids is 1. The molecule has 4 nitrogen and oxygen atoms in total. The van der Waals surface area contributed by atoms with Crippen LogP contribution in [0.2, 0.25) is 0 Å². The number of thiazole rings is 1. The molecule has 0 unspecified atom stereocenters. The van der Waals surface area contributed by atoms with Crippen LogP contribution in [0.15, 0.2) is 23.6 Å². The van der Waals surface area contributed by atoms with Gasteiger partial charge < -0.3 is 9.64 Å². The molecule has 1 amide bonds. The van der Waals surface area contributed by atoms with Crippen molar-refractivity contribution >= 4 is 22.9 Å². The van der Waals surface area contributed by atoms with Crippen molar-refractivity contribution < 1.29 is 22.7 Å². The van der Waals surface area contributed by atoms with Gasteiger partial charge in [0, 0.05) is 5.38 Å². The molecule has 0 saturated heterocycles. The maximum atomic E-state index is 12.9. The van der Waals surface area contributed by atoms with Gasteiger partial charge in [0.1, 0.15) is 12.4 Å². The van der Waals surface area contributed by atoms with Crippen molar-refractivity contribution in [3.63, 3.8) is 0 Å². The van der Waals surface area contributed by atoms with E-state index in [-0.39, 0.29) is 36.9 Å². The van der Waals surface area contributed by atoms with E-state index in [4.69, 9.17) is 4.74 Å². The van der Waals surface area contributed by atoms with Crippen LogP contribution in [0.1, 0.15) is 16.3 Å². The van der Waals surface area contributed by atoms with Crippen LogP contribution in [0.4, 0.5) is 18.9 Å². The van der Waals surface area contributed by atoms with E-state index in [1.54, 1.807) is 5.38 Å². The Morgan fingerprint density at radius 3 is 2.87 bits per heavy atom. The van der Waals surface area contributed by atoms with Crippen LogP contribution in [-0.4, -0.2) is 24.0 Å². The Hall–Kier alpha value is -2.09. The third kappa shape index (κ3) is 3.31. The molecule has 1 aliphatic rings. The summed E-state index contributed by atoms with van der Waals surface area (Å²) in [6.45, 7) is 2.30. The number of nitrogens with zero attached hydrogens (tertiary/aromatic N) is 2. The molecule has 8 heteroatoms. The number of hydrogen-bond acceptors (Lipinski definition) is 4. The van der Waals surface area contributed by atoms with Crippen LogP contribution >= 0.6 is 11.3 Å². The maximum absolute atomic E-state index is 12.9. The first-order valence-electron chi connectivity index (χ1n) is 6.90. The Bertz CT molecular complexity index is 743. The van der Waals surface area contributed by atoms with Crippen molar-refractivity contribution in [2.75, 3.05) is 18.1 Å². The van der Waals surface area contributed by atoms with Gasteiger partial charge in [-0.3, -0.25) is 4.79 Å². The Morgan fingerprint density at radius 2 is 2.22 bits per heavy atom. The summed E-state index contributed by atoms with van der Waals surface area (Å²) in [6.07, 6.45) is -4.41. The normalized spacial score (nSPS) is 14.3. The fourth-order valence-electron chi connectivity index (χ4n) is 2.39. The van der Waals surface area contributed by atoms with E-state index in [9.17, 15) is 18.0 Å². The topological polar surface area (TPSA) is 42.4 Å². The average Bonchev–Trinajstić information content (AvgIpc) is 2.90. The smallest absolute Gasteiger partial charge is 0.416 e. The molecule has 122 valence electrons. The first-order chi connectivity index (χ1) is 10.8. The fraction of sp³-hybridized carbons (Fsp3) is 0.333. The van der Waals surface area contributed by atoms with E-state index in [1.807, 2.05) is 6.92 Å². The Morgan fingerprint density at radius 1 is 1.43 bits per heavy atom. The highest BCUT2D eigenvalue weighted by molar-refractivity contribution is 7.09. The highest BCUT2D eigenvalue weighted by atomic mass is 32.1. The Kier molecular flexibility index (Phi) is 4.01. The minimum absolute atomic E-state index is 0.0556. The molecule has 0 fully saturated rings. The largest absolute Gasteiger partial charge is 0.490 e. The first kappa shape index (κ1) is 15.8. The van der Waals surface area contributed by atoms with Crippen molar-refractivity contribution in [1.29, 1.82) is 0 Å². The van der Waals surface area contributed by atoms with Crippen LogP contribution in [-0.2, 0) is 17.4 Å². The van der Waals surface area contributed by atoms with Gasteiger partial charge >= 0.3 is 6.18 Å². The minimum atomic E-state index is -4.47. The molecule has 0 bridgehead atoms. The molecule has 3 rings (SSSR count). The number of ether oxygens (including phenoxy) is 1. The second-order valence-electron chi connectivity index (χ2n) is 5.11. The number of alkyl halides is 3. The van der Waals surface area contributed by atoms with Crippen molar-refractivity contribution in [2.45, 2.75) is 19.5 Å². The van der Waals surface area contributed by atoms with Gasteiger partial charge in [-0.05, 0) is 25.1 Å². The van der Waals surface area contributed by atoms with Gasteiger partial charge in [0.15, 0.2) is 0 Å². The average molecular weight is 342 g/mol. The number of halogens is 3. The second kappa shape index (κ2) is 5.84. The molecule has 1 aliphatic heterocycles. The monoisotopic (exact) mass is 342 g/mol. The van der Waals surface area contributed by atoms with Gasteiger partial charge in [-0.25, -0.2) is 4.98 Å². The SMILES string of the molecule is Cc1nc(CC(=O)N2CCOc3ccc(C(F)(F)F)cc32)cs1. The van der Waals surface area contributed by atoms with Gasteiger partial charge in [0.25, 0.3) is 0 Å². The molecule has 1 aromatic heterocycles. The lowest BCUT2D eigenvalue weighted by molar-refractivity contribution is -0.137. The van der Waals surface area contributed by atoms with Gasteiger partial charge in [0.05, 0.1) is 34.9 Å². The van der Waals surface area contributed by atoms with Crippen LogP contribution in [0.3, 0.4) is 0 Å². The zero-order valence-electron chi connectivity index (χ0n) is 12.2.